The largest absolute Gasteiger partial charge is 0.333 e. The lowest BCUT2D eigenvalue weighted by atomic mass is 9.34. The van der Waals surface area contributed by atoms with E-state index in [4.69, 9.17) is 4.98 Å². The number of carbonyl (C=O) groups is 1. The molecule has 0 bridgehead atoms. The SMILES string of the molecule is Cc1c2c(cc3nccnc13)C1=CC[C@@]3(C)[C@@H]4C[C@](C)(NC(=O)N5CCN(C6CCN(C)CC6)CC5)CC[C@]4(C)CC[C@]3(C)[C@]1(C)C=C2. The molecule has 1 aromatic heterocycles. The van der Waals surface area contributed by atoms with Crippen LogP contribution in [-0.4, -0.2) is 88.6 Å². The minimum absolute atomic E-state index is 0.0822. The molecule has 4 fully saturated rings. The monoisotopic (exact) mass is 650 g/mol. The van der Waals surface area contributed by atoms with E-state index < -0.39 is 0 Å². The molecule has 0 unspecified atom stereocenters. The first-order valence-electron chi connectivity index (χ1n) is 18.9. The number of aromatic nitrogens is 2. The fourth-order valence-corrected chi connectivity index (χ4v) is 11.8. The summed E-state index contributed by atoms with van der Waals surface area (Å²) in [6, 6.07) is 3.14. The van der Waals surface area contributed by atoms with Crippen molar-refractivity contribution in [2.45, 2.75) is 104 Å². The molecule has 2 saturated heterocycles. The van der Waals surface area contributed by atoms with Crippen molar-refractivity contribution >= 4 is 28.7 Å². The summed E-state index contributed by atoms with van der Waals surface area (Å²) < 4.78 is 0. The zero-order chi connectivity index (χ0) is 33.7. The van der Waals surface area contributed by atoms with Crippen LogP contribution in [0.3, 0.4) is 0 Å². The van der Waals surface area contributed by atoms with Crippen molar-refractivity contribution in [1.29, 1.82) is 0 Å². The van der Waals surface area contributed by atoms with Crippen molar-refractivity contribution in [1.82, 2.24) is 30.0 Å². The smallest absolute Gasteiger partial charge is 0.317 e. The molecule has 2 aliphatic heterocycles. The van der Waals surface area contributed by atoms with Crippen molar-refractivity contribution in [3.63, 3.8) is 0 Å². The Kier molecular flexibility index (Phi) is 7.51. The predicted octanol–water partition coefficient (Wildman–Crippen LogP) is 7.55. The number of piperazine rings is 1. The summed E-state index contributed by atoms with van der Waals surface area (Å²) in [7, 11) is 2.23. The van der Waals surface area contributed by atoms with Gasteiger partial charge in [0.2, 0.25) is 0 Å². The van der Waals surface area contributed by atoms with Crippen molar-refractivity contribution in [2.75, 3.05) is 46.3 Å². The number of fused-ring (bicyclic) bond motifs is 8. The Balaban J connectivity index is 1.04. The summed E-state index contributed by atoms with van der Waals surface area (Å²) in [5, 5.41) is 3.66. The first kappa shape index (κ1) is 32.4. The highest BCUT2D eigenvalue weighted by Gasteiger charge is 2.67. The predicted molar refractivity (Wildman–Crippen MR) is 196 cm³/mol. The van der Waals surface area contributed by atoms with Gasteiger partial charge in [-0.2, -0.15) is 0 Å². The first-order valence-corrected chi connectivity index (χ1v) is 18.9. The van der Waals surface area contributed by atoms with Gasteiger partial charge in [0.25, 0.3) is 0 Å². The van der Waals surface area contributed by atoms with Crippen molar-refractivity contribution in [3.05, 3.63) is 47.3 Å². The Morgan fingerprint density at radius 2 is 1.62 bits per heavy atom. The molecule has 2 saturated carbocycles. The van der Waals surface area contributed by atoms with E-state index in [1.807, 2.05) is 6.20 Å². The number of rotatable bonds is 2. The summed E-state index contributed by atoms with van der Waals surface area (Å²) in [5.41, 5.74) is 7.56. The number of nitrogens with one attached hydrogen (secondary N) is 1. The molecule has 8 rings (SSSR count). The maximum Gasteiger partial charge on any atom is 0.317 e. The van der Waals surface area contributed by atoms with Crippen LogP contribution in [0.5, 0.6) is 0 Å². The number of likely N-dealkylation sites (tertiary alicyclic amines) is 1. The minimum Gasteiger partial charge on any atom is -0.333 e. The highest BCUT2D eigenvalue weighted by Crippen LogP contribution is 2.75. The highest BCUT2D eigenvalue weighted by atomic mass is 16.2. The Morgan fingerprint density at radius 3 is 2.38 bits per heavy atom. The number of urea groups is 1. The van der Waals surface area contributed by atoms with Crippen LogP contribution < -0.4 is 5.32 Å². The second-order valence-corrected chi connectivity index (χ2v) is 18.0. The second-order valence-electron chi connectivity index (χ2n) is 18.0. The lowest BCUT2D eigenvalue weighted by molar-refractivity contribution is -0.171. The summed E-state index contributed by atoms with van der Waals surface area (Å²) >= 11 is 0. The molecule has 2 aromatic rings. The summed E-state index contributed by atoms with van der Waals surface area (Å²) in [6.07, 6.45) is 20.5. The van der Waals surface area contributed by atoms with Crippen molar-refractivity contribution in [2.24, 2.45) is 27.6 Å². The molecule has 6 aliphatic rings. The number of nitrogens with zero attached hydrogens (tertiary/aromatic N) is 5. The average Bonchev–Trinajstić information content (AvgIpc) is 3.07. The number of allylic oxidation sites excluding steroid dienone is 3. The van der Waals surface area contributed by atoms with Crippen molar-refractivity contribution in [3.8, 4) is 0 Å². The Bertz CT molecular complexity index is 1680. The van der Waals surface area contributed by atoms with Gasteiger partial charge >= 0.3 is 6.03 Å². The van der Waals surface area contributed by atoms with Crippen molar-refractivity contribution < 1.29 is 4.79 Å². The van der Waals surface area contributed by atoms with Gasteiger partial charge in [-0.15, -0.1) is 0 Å². The highest BCUT2D eigenvalue weighted by molar-refractivity contribution is 5.93. The Labute approximate surface area is 288 Å². The van der Waals surface area contributed by atoms with Gasteiger partial charge < -0.3 is 15.1 Å². The number of piperidine rings is 1. The molecule has 7 heteroatoms. The standard InChI is InChI=1S/C41H58N6O/c1-28-30-8-12-39(4)32(31(30)26-33-35(28)43-19-18-42-33)9-13-40(5)34-27-38(3,16-14-37(34,2)15-17-41(39,40)6)44-36(48)47-24-22-46(23-25-47)29-10-20-45(7)21-11-29/h8-9,12,18-19,26,29,34H,10-11,13-17,20-25,27H2,1-7H3,(H,44,48)/t34-,37-,38-,39-,40+,41-/m1/s1. The molecule has 0 radical (unpaired) electrons. The van der Waals surface area contributed by atoms with E-state index in [9.17, 15) is 4.79 Å². The lowest BCUT2D eigenvalue weighted by Crippen LogP contribution is -2.66. The molecule has 1 aromatic carbocycles. The minimum atomic E-state index is -0.192. The number of aryl methyl sites for hydroxylation is 1. The number of carbonyl (C=O) groups excluding carboxylic acids is 1. The van der Waals surface area contributed by atoms with Crippen LogP contribution in [0, 0.1) is 34.5 Å². The third-order valence-corrected chi connectivity index (χ3v) is 15.6. The Hall–Kier alpha value is -2.77. The van der Waals surface area contributed by atoms with E-state index in [2.05, 4.69) is 97.9 Å². The van der Waals surface area contributed by atoms with Gasteiger partial charge in [0.15, 0.2) is 0 Å². The van der Waals surface area contributed by atoms with Gasteiger partial charge in [-0.05, 0) is 136 Å². The fourth-order valence-electron chi connectivity index (χ4n) is 11.8. The zero-order valence-corrected chi connectivity index (χ0v) is 30.7. The lowest BCUT2D eigenvalue weighted by Gasteiger charge is -2.71. The van der Waals surface area contributed by atoms with Gasteiger partial charge in [0.1, 0.15) is 0 Å². The molecule has 1 N–H and O–H groups in total. The van der Waals surface area contributed by atoms with E-state index in [0.29, 0.717) is 17.4 Å². The van der Waals surface area contributed by atoms with Crippen LogP contribution in [-0.2, 0) is 0 Å². The third kappa shape index (κ3) is 4.69. The zero-order valence-electron chi connectivity index (χ0n) is 30.7. The molecule has 4 aliphatic carbocycles. The van der Waals surface area contributed by atoms with Crippen LogP contribution >= 0.6 is 0 Å². The molecule has 0 spiro atoms. The topological polar surface area (TPSA) is 64.6 Å². The number of hydrogen-bond donors (Lipinski definition) is 1. The molecule has 48 heavy (non-hydrogen) atoms. The molecule has 2 amide bonds. The maximum atomic E-state index is 13.9. The average molecular weight is 651 g/mol. The molecule has 7 nitrogen and oxygen atoms in total. The third-order valence-electron chi connectivity index (χ3n) is 15.6. The van der Waals surface area contributed by atoms with Crippen LogP contribution in [0.2, 0.25) is 0 Å². The van der Waals surface area contributed by atoms with Gasteiger partial charge in [-0.3, -0.25) is 14.9 Å². The molecule has 258 valence electrons. The maximum absolute atomic E-state index is 13.9. The van der Waals surface area contributed by atoms with Gasteiger partial charge in [-0.25, -0.2) is 4.79 Å². The number of benzene rings is 1. The van der Waals surface area contributed by atoms with Crippen LogP contribution in [0.15, 0.2) is 30.6 Å². The van der Waals surface area contributed by atoms with Gasteiger partial charge in [0.05, 0.1) is 11.0 Å². The van der Waals surface area contributed by atoms with Crippen LogP contribution in [0.1, 0.15) is 103 Å². The van der Waals surface area contributed by atoms with E-state index >= 15 is 0 Å². The molecule has 3 heterocycles. The Morgan fingerprint density at radius 1 is 0.917 bits per heavy atom. The van der Waals surface area contributed by atoms with E-state index in [-0.39, 0.29) is 27.8 Å². The molecular formula is C41H58N6O. The molecule has 6 atom stereocenters. The summed E-state index contributed by atoms with van der Waals surface area (Å²) in [5.74, 6) is 0.526. The quantitative estimate of drug-likeness (QED) is 0.364. The summed E-state index contributed by atoms with van der Waals surface area (Å²) in [6.45, 7) is 20.9. The summed E-state index contributed by atoms with van der Waals surface area (Å²) in [4.78, 5) is 30.5. The first-order chi connectivity index (χ1) is 22.8. The van der Waals surface area contributed by atoms with Gasteiger partial charge in [0, 0.05) is 55.6 Å². The number of hydrogen-bond acceptors (Lipinski definition) is 5. The van der Waals surface area contributed by atoms with Crippen LogP contribution in [0.4, 0.5) is 4.79 Å². The van der Waals surface area contributed by atoms with Crippen LogP contribution in [0.25, 0.3) is 22.7 Å². The normalized spacial score (nSPS) is 38.9. The van der Waals surface area contributed by atoms with E-state index in [1.165, 1.54) is 67.5 Å². The fraction of sp³-hybridized carbons (Fsp3) is 0.683. The molecular weight excluding hydrogens is 592 g/mol. The van der Waals surface area contributed by atoms with Gasteiger partial charge in [-0.1, -0.05) is 45.9 Å². The number of amides is 2. The van der Waals surface area contributed by atoms with E-state index in [0.717, 1.165) is 56.5 Å². The van der Waals surface area contributed by atoms with E-state index in [1.54, 1.807) is 6.20 Å². The second kappa shape index (κ2) is 11.1.